The lowest BCUT2D eigenvalue weighted by Gasteiger charge is -2.24. The maximum absolute atomic E-state index is 13.2. The summed E-state index contributed by atoms with van der Waals surface area (Å²) in [5.41, 5.74) is 5.82. The summed E-state index contributed by atoms with van der Waals surface area (Å²) >= 11 is 0. The van der Waals surface area contributed by atoms with Crippen LogP contribution in [0, 0.1) is 0 Å². The molecule has 2 N–H and O–H groups in total. The fraction of sp³-hybridized carbons (Fsp3) is 0.345. The van der Waals surface area contributed by atoms with Crippen molar-refractivity contribution in [2.75, 3.05) is 11.9 Å². The second kappa shape index (κ2) is 11.1. The Bertz CT molecular complexity index is 930. The molecular weight excluding hydrogens is 392 g/mol. The number of benzene rings is 3. The molecule has 1 amide bonds. The van der Waals surface area contributed by atoms with E-state index in [2.05, 4.69) is 105 Å². The van der Waals surface area contributed by atoms with E-state index >= 15 is 0 Å². The highest BCUT2D eigenvalue weighted by atomic mass is 16.2. The first-order chi connectivity index (χ1) is 15.4. The molecule has 3 rings (SSSR count). The van der Waals surface area contributed by atoms with Crippen LogP contribution in [-0.4, -0.2) is 18.5 Å². The maximum atomic E-state index is 13.2. The number of rotatable bonds is 9. The Kier molecular flexibility index (Phi) is 8.24. The molecule has 0 aliphatic rings. The van der Waals surface area contributed by atoms with Crippen molar-refractivity contribution in [1.29, 1.82) is 0 Å². The summed E-state index contributed by atoms with van der Waals surface area (Å²) in [6, 6.07) is 26.9. The fourth-order valence-corrected chi connectivity index (χ4v) is 4.11. The van der Waals surface area contributed by atoms with Gasteiger partial charge in [0, 0.05) is 18.2 Å². The molecule has 1 atom stereocenters. The fourth-order valence-electron chi connectivity index (χ4n) is 4.11. The highest BCUT2D eigenvalue weighted by Gasteiger charge is 2.21. The molecule has 0 aliphatic heterocycles. The number of anilines is 1. The zero-order valence-corrected chi connectivity index (χ0v) is 19.9. The minimum absolute atomic E-state index is 0.000117. The van der Waals surface area contributed by atoms with Crippen molar-refractivity contribution in [2.24, 2.45) is 0 Å². The zero-order valence-electron chi connectivity index (χ0n) is 19.9. The SMILES string of the molecule is CC(NCC(c1ccccc1)c1ccccc1)C(=O)Nc1c(C(C)C)cccc1C(C)C. The molecule has 0 spiro atoms. The summed E-state index contributed by atoms with van der Waals surface area (Å²) in [6.45, 7) is 11.3. The molecule has 3 aromatic rings. The average molecular weight is 429 g/mol. The molecule has 0 aromatic heterocycles. The van der Waals surface area contributed by atoms with Crippen LogP contribution >= 0.6 is 0 Å². The number of carbonyl (C=O) groups excluding carboxylic acids is 1. The Balaban J connectivity index is 1.76. The van der Waals surface area contributed by atoms with Gasteiger partial charge in [0.15, 0.2) is 0 Å². The van der Waals surface area contributed by atoms with Crippen LogP contribution in [0.2, 0.25) is 0 Å². The lowest BCUT2D eigenvalue weighted by Crippen LogP contribution is -2.40. The van der Waals surface area contributed by atoms with Gasteiger partial charge in [-0.3, -0.25) is 4.79 Å². The van der Waals surface area contributed by atoms with Gasteiger partial charge in [0.05, 0.1) is 6.04 Å². The molecule has 3 nitrogen and oxygen atoms in total. The quantitative estimate of drug-likeness (QED) is 0.399. The molecule has 0 bridgehead atoms. The van der Waals surface area contributed by atoms with Crippen LogP contribution in [0.25, 0.3) is 0 Å². The van der Waals surface area contributed by atoms with E-state index in [0.29, 0.717) is 18.4 Å². The van der Waals surface area contributed by atoms with Crippen LogP contribution in [-0.2, 0) is 4.79 Å². The van der Waals surface area contributed by atoms with Crippen molar-refractivity contribution < 1.29 is 4.79 Å². The van der Waals surface area contributed by atoms with E-state index in [1.807, 2.05) is 19.1 Å². The zero-order chi connectivity index (χ0) is 23.1. The van der Waals surface area contributed by atoms with Gasteiger partial charge in [-0.1, -0.05) is 107 Å². The standard InChI is InChI=1S/C29H36N2O/c1-20(2)25-17-12-18-26(21(3)4)28(25)31-29(32)22(5)30-19-27(23-13-8-6-9-14-23)24-15-10-7-11-16-24/h6-18,20-22,27,30H,19H2,1-5H3,(H,31,32). The maximum Gasteiger partial charge on any atom is 0.241 e. The van der Waals surface area contributed by atoms with E-state index in [1.54, 1.807) is 0 Å². The summed E-state index contributed by atoms with van der Waals surface area (Å²) in [6.07, 6.45) is 0. The predicted molar refractivity (Wildman–Crippen MR) is 135 cm³/mol. The number of amides is 1. The summed E-state index contributed by atoms with van der Waals surface area (Å²) in [7, 11) is 0. The number of para-hydroxylation sites is 1. The van der Waals surface area contributed by atoms with Gasteiger partial charge in [-0.05, 0) is 41.0 Å². The number of hydrogen-bond donors (Lipinski definition) is 2. The Morgan fingerprint density at radius 2 is 1.16 bits per heavy atom. The first-order valence-corrected chi connectivity index (χ1v) is 11.7. The Labute approximate surface area is 193 Å². The van der Waals surface area contributed by atoms with E-state index in [0.717, 1.165) is 5.69 Å². The summed E-state index contributed by atoms with van der Waals surface area (Å²) in [5.74, 6) is 0.863. The Hall–Kier alpha value is -2.91. The predicted octanol–water partition coefficient (Wildman–Crippen LogP) is 6.68. The molecular formula is C29H36N2O. The largest absolute Gasteiger partial charge is 0.324 e. The van der Waals surface area contributed by atoms with Crippen LogP contribution in [0.1, 0.15) is 74.6 Å². The van der Waals surface area contributed by atoms with Crippen LogP contribution in [0.5, 0.6) is 0 Å². The molecule has 1 unspecified atom stereocenters. The molecule has 0 aliphatic carbocycles. The highest BCUT2D eigenvalue weighted by molar-refractivity contribution is 5.96. The summed E-state index contributed by atoms with van der Waals surface area (Å²) in [5, 5.41) is 6.73. The second-order valence-corrected chi connectivity index (χ2v) is 9.11. The lowest BCUT2D eigenvalue weighted by atomic mass is 9.91. The number of carbonyl (C=O) groups is 1. The molecule has 0 fully saturated rings. The van der Waals surface area contributed by atoms with Crippen molar-refractivity contribution >= 4 is 11.6 Å². The van der Waals surface area contributed by atoms with Crippen molar-refractivity contribution in [1.82, 2.24) is 5.32 Å². The molecule has 32 heavy (non-hydrogen) atoms. The van der Waals surface area contributed by atoms with Crippen LogP contribution in [0.3, 0.4) is 0 Å². The molecule has 0 heterocycles. The van der Waals surface area contributed by atoms with Crippen molar-refractivity contribution in [3.05, 3.63) is 101 Å². The number of hydrogen-bond acceptors (Lipinski definition) is 2. The van der Waals surface area contributed by atoms with Crippen molar-refractivity contribution in [3.8, 4) is 0 Å². The van der Waals surface area contributed by atoms with Gasteiger partial charge in [-0.2, -0.15) is 0 Å². The topological polar surface area (TPSA) is 41.1 Å². The minimum atomic E-state index is -0.315. The van der Waals surface area contributed by atoms with E-state index in [4.69, 9.17) is 0 Å². The van der Waals surface area contributed by atoms with Crippen molar-refractivity contribution in [2.45, 2.75) is 58.4 Å². The van der Waals surface area contributed by atoms with Crippen molar-refractivity contribution in [3.63, 3.8) is 0 Å². The third-order valence-corrected chi connectivity index (χ3v) is 6.05. The average Bonchev–Trinajstić information content (AvgIpc) is 2.80. The molecule has 168 valence electrons. The smallest absolute Gasteiger partial charge is 0.241 e. The van der Waals surface area contributed by atoms with E-state index in [9.17, 15) is 4.79 Å². The van der Waals surface area contributed by atoms with Gasteiger partial charge in [-0.25, -0.2) is 0 Å². The highest BCUT2D eigenvalue weighted by Crippen LogP contribution is 2.32. The molecule has 3 aromatic carbocycles. The molecule has 0 saturated carbocycles. The monoisotopic (exact) mass is 428 g/mol. The van der Waals surface area contributed by atoms with Crippen LogP contribution in [0.4, 0.5) is 5.69 Å². The molecule has 0 radical (unpaired) electrons. The van der Waals surface area contributed by atoms with Gasteiger partial charge in [0.1, 0.15) is 0 Å². The first-order valence-electron chi connectivity index (χ1n) is 11.7. The van der Waals surface area contributed by atoms with Gasteiger partial charge < -0.3 is 10.6 Å². The van der Waals surface area contributed by atoms with Gasteiger partial charge in [0.2, 0.25) is 5.91 Å². The molecule has 0 saturated heterocycles. The first kappa shape index (κ1) is 23.7. The van der Waals surface area contributed by atoms with E-state index < -0.39 is 0 Å². The van der Waals surface area contributed by atoms with Gasteiger partial charge >= 0.3 is 0 Å². The lowest BCUT2D eigenvalue weighted by molar-refractivity contribution is -0.117. The number of nitrogens with one attached hydrogen (secondary N) is 2. The van der Waals surface area contributed by atoms with Gasteiger partial charge in [-0.15, -0.1) is 0 Å². The normalized spacial score (nSPS) is 12.4. The van der Waals surface area contributed by atoms with Crippen LogP contribution < -0.4 is 10.6 Å². The Morgan fingerprint density at radius 3 is 1.59 bits per heavy atom. The Morgan fingerprint density at radius 1 is 0.688 bits per heavy atom. The summed E-state index contributed by atoms with van der Waals surface area (Å²) in [4.78, 5) is 13.2. The van der Waals surface area contributed by atoms with Gasteiger partial charge in [0.25, 0.3) is 0 Å². The van der Waals surface area contributed by atoms with E-state index in [1.165, 1.54) is 22.3 Å². The van der Waals surface area contributed by atoms with E-state index in [-0.39, 0.29) is 17.9 Å². The third-order valence-electron chi connectivity index (χ3n) is 6.05. The third kappa shape index (κ3) is 5.86. The molecule has 3 heteroatoms. The minimum Gasteiger partial charge on any atom is -0.324 e. The second-order valence-electron chi connectivity index (χ2n) is 9.11. The van der Waals surface area contributed by atoms with Crippen LogP contribution in [0.15, 0.2) is 78.9 Å². The summed E-state index contributed by atoms with van der Waals surface area (Å²) < 4.78 is 0.